The molecule has 7 heteroatoms. The Morgan fingerprint density at radius 2 is 2.05 bits per heavy atom. The molecule has 1 saturated carbocycles. The molecule has 2 rings (SSSR count). The smallest absolute Gasteiger partial charge is 0.323 e. The van der Waals surface area contributed by atoms with Crippen LogP contribution in [-0.4, -0.2) is 35.1 Å². The number of carboxylic acid groups (broad SMARTS) is 1. The Morgan fingerprint density at radius 1 is 1.45 bits per heavy atom. The number of benzene rings is 1. The lowest BCUT2D eigenvalue weighted by Crippen LogP contribution is -2.42. The van der Waals surface area contributed by atoms with Gasteiger partial charge in [-0.15, -0.1) is 0 Å². The van der Waals surface area contributed by atoms with Gasteiger partial charge in [0.15, 0.2) is 5.25 Å². The first-order chi connectivity index (χ1) is 9.34. The molecule has 1 aliphatic rings. The van der Waals surface area contributed by atoms with Crippen LogP contribution in [0.3, 0.4) is 0 Å². The molecule has 0 saturated heterocycles. The number of hydrogen-bond donors (Lipinski definition) is 1. The van der Waals surface area contributed by atoms with E-state index in [1.165, 1.54) is 18.2 Å². The second-order valence-corrected chi connectivity index (χ2v) is 7.10. The van der Waals surface area contributed by atoms with Crippen LogP contribution in [0.5, 0.6) is 0 Å². The van der Waals surface area contributed by atoms with Crippen LogP contribution < -0.4 is 0 Å². The van der Waals surface area contributed by atoms with E-state index in [1.54, 1.807) is 6.07 Å². The Bertz CT molecular complexity index is 613. The van der Waals surface area contributed by atoms with Crippen molar-refractivity contribution in [1.29, 1.82) is 0 Å². The summed E-state index contributed by atoms with van der Waals surface area (Å²) in [5.41, 5.74) is 0.251. The first-order valence-corrected chi connectivity index (χ1v) is 7.81. The number of aliphatic carboxylic acids is 1. The molecule has 1 atom stereocenters. The highest BCUT2D eigenvalue weighted by Gasteiger charge is 2.42. The van der Waals surface area contributed by atoms with Crippen molar-refractivity contribution in [1.82, 2.24) is 4.31 Å². The quantitative estimate of drug-likeness (QED) is 0.866. The van der Waals surface area contributed by atoms with Crippen molar-refractivity contribution in [3.63, 3.8) is 0 Å². The second kappa shape index (κ2) is 5.49. The maximum atomic E-state index is 13.6. The number of halogens is 1. The number of carboxylic acids is 1. The molecular formula is C13H16FNO4S. The normalized spacial score (nSPS) is 17.1. The summed E-state index contributed by atoms with van der Waals surface area (Å²) in [6, 6.07) is 5.69. The summed E-state index contributed by atoms with van der Waals surface area (Å²) < 4.78 is 39.3. The molecule has 1 aliphatic carbocycles. The molecule has 0 aromatic heterocycles. The minimum Gasteiger partial charge on any atom is -0.480 e. The van der Waals surface area contributed by atoms with Gasteiger partial charge in [0, 0.05) is 18.2 Å². The maximum Gasteiger partial charge on any atom is 0.323 e. The Kier molecular flexibility index (Phi) is 4.10. The van der Waals surface area contributed by atoms with Crippen molar-refractivity contribution < 1.29 is 22.7 Å². The predicted molar refractivity (Wildman–Crippen MR) is 71.0 cm³/mol. The summed E-state index contributed by atoms with van der Waals surface area (Å²) in [4.78, 5) is 10.9. The van der Waals surface area contributed by atoms with Gasteiger partial charge < -0.3 is 5.11 Å². The van der Waals surface area contributed by atoms with E-state index in [1.807, 2.05) is 0 Å². The van der Waals surface area contributed by atoms with Crippen LogP contribution in [0.25, 0.3) is 0 Å². The minimum atomic E-state index is -3.98. The van der Waals surface area contributed by atoms with Crippen LogP contribution in [0.4, 0.5) is 4.39 Å². The Morgan fingerprint density at radius 3 is 2.55 bits per heavy atom. The molecule has 0 radical (unpaired) electrons. The van der Waals surface area contributed by atoms with Crippen LogP contribution in [0.2, 0.25) is 0 Å². The van der Waals surface area contributed by atoms with Gasteiger partial charge in [-0.2, -0.15) is 4.31 Å². The van der Waals surface area contributed by atoms with Crippen LogP contribution >= 0.6 is 0 Å². The van der Waals surface area contributed by atoms with Gasteiger partial charge in [0.1, 0.15) is 5.82 Å². The predicted octanol–water partition coefficient (Wildman–Crippen LogP) is 1.59. The van der Waals surface area contributed by atoms with E-state index < -0.39 is 27.1 Å². The molecule has 1 unspecified atom stereocenters. The van der Waals surface area contributed by atoms with Gasteiger partial charge in [-0.1, -0.05) is 18.2 Å². The van der Waals surface area contributed by atoms with Crippen LogP contribution in [0.15, 0.2) is 24.3 Å². The molecule has 0 aliphatic heterocycles. The molecule has 1 aromatic rings. The fourth-order valence-corrected chi connectivity index (χ4v) is 3.52. The highest BCUT2D eigenvalue weighted by atomic mass is 32.2. The van der Waals surface area contributed by atoms with E-state index in [-0.39, 0.29) is 18.2 Å². The largest absolute Gasteiger partial charge is 0.480 e. The van der Waals surface area contributed by atoms with Crippen LogP contribution in [0, 0.1) is 5.82 Å². The van der Waals surface area contributed by atoms with Gasteiger partial charge in [0.2, 0.25) is 10.0 Å². The lowest BCUT2D eigenvalue weighted by atomic mass is 10.2. The lowest BCUT2D eigenvalue weighted by molar-refractivity contribution is -0.136. The van der Waals surface area contributed by atoms with Crippen molar-refractivity contribution in [2.24, 2.45) is 0 Å². The summed E-state index contributed by atoms with van der Waals surface area (Å²) >= 11 is 0. The molecule has 1 fully saturated rings. The first-order valence-electron chi connectivity index (χ1n) is 6.31. The SMILES string of the molecule is CC(C(=O)O)S(=O)(=O)N(Cc1ccccc1F)C1CC1. The molecular weight excluding hydrogens is 285 g/mol. The van der Waals surface area contributed by atoms with Gasteiger partial charge in [-0.05, 0) is 25.8 Å². The summed E-state index contributed by atoms with van der Waals surface area (Å²) in [6.45, 7) is 1.01. The van der Waals surface area contributed by atoms with Gasteiger partial charge in [0.05, 0.1) is 0 Å². The lowest BCUT2D eigenvalue weighted by Gasteiger charge is -2.24. The van der Waals surface area contributed by atoms with Gasteiger partial charge >= 0.3 is 5.97 Å². The summed E-state index contributed by atoms with van der Waals surface area (Å²) in [6.07, 6.45) is 1.36. The molecule has 0 heterocycles. The zero-order valence-corrected chi connectivity index (χ0v) is 11.8. The number of hydrogen-bond acceptors (Lipinski definition) is 3. The van der Waals surface area contributed by atoms with Gasteiger partial charge in [0.25, 0.3) is 0 Å². The number of rotatable bonds is 6. The Labute approximate surface area is 117 Å². The highest BCUT2D eigenvalue weighted by molar-refractivity contribution is 7.90. The third-order valence-electron chi connectivity index (χ3n) is 3.36. The third kappa shape index (κ3) is 2.99. The van der Waals surface area contributed by atoms with E-state index in [0.717, 1.165) is 11.2 Å². The highest BCUT2D eigenvalue weighted by Crippen LogP contribution is 2.32. The molecule has 110 valence electrons. The van der Waals surface area contributed by atoms with E-state index in [0.29, 0.717) is 12.8 Å². The second-order valence-electron chi connectivity index (χ2n) is 4.89. The van der Waals surface area contributed by atoms with Gasteiger partial charge in [-0.25, -0.2) is 12.8 Å². The molecule has 5 nitrogen and oxygen atoms in total. The molecule has 1 aromatic carbocycles. The van der Waals surface area contributed by atoms with Crippen LogP contribution in [0.1, 0.15) is 25.3 Å². The maximum absolute atomic E-state index is 13.6. The minimum absolute atomic E-state index is 0.128. The fourth-order valence-electron chi connectivity index (χ4n) is 1.91. The summed E-state index contributed by atoms with van der Waals surface area (Å²) in [7, 11) is -3.98. The molecule has 0 amide bonds. The topological polar surface area (TPSA) is 74.7 Å². The number of sulfonamides is 1. The van der Waals surface area contributed by atoms with E-state index >= 15 is 0 Å². The first kappa shape index (κ1) is 14.9. The van der Waals surface area contributed by atoms with Crippen molar-refractivity contribution in [3.05, 3.63) is 35.6 Å². The van der Waals surface area contributed by atoms with Crippen molar-refractivity contribution in [3.8, 4) is 0 Å². The number of carbonyl (C=O) groups is 1. The van der Waals surface area contributed by atoms with Crippen molar-refractivity contribution in [2.75, 3.05) is 0 Å². The summed E-state index contributed by atoms with van der Waals surface area (Å²) in [5, 5.41) is 7.38. The third-order valence-corrected chi connectivity index (χ3v) is 5.54. The molecule has 0 bridgehead atoms. The average Bonchev–Trinajstić information content (AvgIpc) is 3.20. The molecule has 20 heavy (non-hydrogen) atoms. The monoisotopic (exact) mass is 301 g/mol. The Hall–Kier alpha value is -1.47. The van der Waals surface area contributed by atoms with E-state index in [9.17, 15) is 17.6 Å². The number of nitrogens with zero attached hydrogens (tertiary/aromatic N) is 1. The average molecular weight is 301 g/mol. The van der Waals surface area contributed by atoms with E-state index in [4.69, 9.17) is 5.11 Å². The zero-order chi connectivity index (χ0) is 14.9. The zero-order valence-electron chi connectivity index (χ0n) is 11.0. The molecule has 1 N–H and O–H groups in total. The standard InChI is InChI=1S/C13H16FNO4S/c1-9(13(16)17)20(18,19)15(11-6-7-11)8-10-4-2-3-5-12(10)14/h2-5,9,11H,6-8H2,1H3,(H,16,17). The molecule has 0 spiro atoms. The van der Waals surface area contributed by atoms with E-state index in [2.05, 4.69) is 0 Å². The van der Waals surface area contributed by atoms with Crippen LogP contribution in [-0.2, 0) is 21.4 Å². The van der Waals surface area contributed by atoms with Crippen molar-refractivity contribution >= 4 is 16.0 Å². The Balaban J connectivity index is 2.29. The van der Waals surface area contributed by atoms with Gasteiger partial charge in [-0.3, -0.25) is 4.79 Å². The van der Waals surface area contributed by atoms with Crippen molar-refractivity contribution in [2.45, 2.75) is 37.6 Å². The summed E-state index contributed by atoms with van der Waals surface area (Å²) in [5.74, 6) is -1.89. The fraction of sp³-hybridized carbons (Fsp3) is 0.462.